The topological polar surface area (TPSA) is 58.6 Å². The van der Waals surface area contributed by atoms with Crippen molar-refractivity contribution in [2.75, 3.05) is 0 Å². The molecule has 0 aromatic heterocycles. The van der Waals surface area contributed by atoms with Crippen molar-refractivity contribution in [3.8, 4) is 0 Å². The van der Waals surface area contributed by atoms with Gasteiger partial charge in [-0.15, -0.1) is 0 Å². The summed E-state index contributed by atoms with van der Waals surface area (Å²) in [5, 5.41) is 10.8. The van der Waals surface area contributed by atoms with Crippen molar-refractivity contribution in [3.63, 3.8) is 0 Å². The minimum Gasteiger partial charge on any atom is -0.465 e. The summed E-state index contributed by atoms with van der Waals surface area (Å²) in [6.45, 7) is 3.82. The van der Waals surface area contributed by atoms with E-state index in [2.05, 4.69) is 5.32 Å². The molecule has 1 rings (SSSR count). The smallest absolute Gasteiger partial charge is 0.404 e. The fraction of sp³-hybridized carbons (Fsp3) is 0.857. The molecule has 3 atom stereocenters. The van der Waals surface area contributed by atoms with Crippen molar-refractivity contribution in [1.82, 2.24) is 5.32 Å². The summed E-state index contributed by atoms with van der Waals surface area (Å²) in [4.78, 5) is 10.2. The lowest BCUT2D eigenvalue weighted by molar-refractivity contribution is 0.0604. The van der Waals surface area contributed by atoms with E-state index in [-0.39, 0.29) is 18.2 Å². The highest BCUT2D eigenvalue weighted by Crippen LogP contribution is 2.19. The van der Waals surface area contributed by atoms with E-state index in [0.717, 1.165) is 6.42 Å². The molecule has 0 radical (unpaired) electrons. The van der Waals surface area contributed by atoms with Crippen LogP contribution < -0.4 is 5.32 Å². The van der Waals surface area contributed by atoms with Gasteiger partial charge in [0, 0.05) is 0 Å². The molecule has 1 saturated heterocycles. The van der Waals surface area contributed by atoms with E-state index < -0.39 is 6.09 Å². The van der Waals surface area contributed by atoms with Gasteiger partial charge in [0.1, 0.15) is 0 Å². The second-order valence-electron chi connectivity index (χ2n) is 2.94. The van der Waals surface area contributed by atoms with Crippen molar-refractivity contribution < 1.29 is 14.6 Å². The van der Waals surface area contributed by atoms with Gasteiger partial charge in [-0.25, -0.2) is 4.79 Å². The van der Waals surface area contributed by atoms with Gasteiger partial charge < -0.3 is 15.2 Å². The minimum atomic E-state index is -0.973. The molecule has 64 valence electrons. The number of carbonyl (C=O) groups is 1. The molecule has 11 heavy (non-hydrogen) atoms. The van der Waals surface area contributed by atoms with Crippen LogP contribution in [-0.2, 0) is 4.74 Å². The lowest BCUT2D eigenvalue weighted by Crippen LogP contribution is -2.38. The average molecular weight is 159 g/mol. The Bertz CT molecular complexity index is 160. The van der Waals surface area contributed by atoms with Gasteiger partial charge in [-0.3, -0.25) is 0 Å². The zero-order valence-corrected chi connectivity index (χ0v) is 6.70. The first kappa shape index (κ1) is 8.33. The van der Waals surface area contributed by atoms with E-state index in [1.807, 2.05) is 13.8 Å². The quantitative estimate of drug-likeness (QED) is 0.595. The zero-order valence-electron chi connectivity index (χ0n) is 6.70. The maximum absolute atomic E-state index is 10.2. The Hall–Kier alpha value is -0.770. The van der Waals surface area contributed by atoms with Gasteiger partial charge in [0.25, 0.3) is 0 Å². The summed E-state index contributed by atoms with van der Waals surface area (Å²) in [6.07, 6.45) is -0.0319. The first-order chi connectivity index (χ1) is 5.09. The minimum absolute atomic E-state index is 0.00102. The lowest BCUT2D eigenvalue weighted by atomic mass is 10.1. The first-order valence-electron chi connectivity index (χ1n) is 3.74. The maximum Gasteiger partial charge on any atom is 0.404 e. The summed E-state index contributed by atoms with van der Waals surface area (Å²) in [5.74, 6) is 0. The molecule has 0 spiro atoms. The first-order valence-corrected chi connectivity index (χ1v) is 3.74. The van der Waals surface area contributed by atoms with Crippen molar-refractivity contribution in [2.45, 2.75) is 38.5 Å². The van der Waals surface area contributed by atoms with Crippen LogP contribution in [0.3, 0.4) is 0 Å². The van der Waals surface area contributed by atoms with Crippen LogP contribution in [0.4, 0.5) is 4.79 Å². The van der Waals surface area contributed by atoms with Crippen molar-refractivity contribution >= 4 is 6.09 Å². The Morgan fingerprint density at radius 3 is 2.64 bits per heavy atom. The Morgan fingerprint density at radius 2 is 2.27 bits per heavy atom. The zero-order chi connectivity index (χ0) is 8.43. The predicted molar refractivity (Wildman–Crippen MR) is 39.6 cm³/mol. The summed E-state index contributed by atoms with van der Waals surface area (Å²) in [7, 11) is 0. The van der Waals surface area contributed by atoms with Gasteiger partial charge in [-0.2, -0.15) is 0 Å². The third kappa shape index (κ3) is 2.08. The number of amides is 1. The highest BCUT2D eigenvalue weighted by atomic mass is 16.5. The number of hydrogen-bond acceptors (Lipinski definition) is 2. The van der Waals surface area contributed by atoms with E-state index in [1.54, 1.807) is 0 Å². The lowest BCUT2D eigenvalue weighted by Gasteiger charge is -2.12. The van der Waals surface area contributed by atoms with Gasteiger partial charge >= 0.3 is 6.09 Å². The molecule has 4 nitrogen and oxygen atoms in total. The molecule has 4 heteroatoms. The summed E-state index contributed by atoms with van der Waals surface area (Å²) in [5.41, 5.74) is 0. The van der Waals surface area contributed by atoms with Crippen LogP contribution in [0.15, 0.2) is 0 Å². The number of nitrogens with one attached hydrogen (secondary N) is 1. The summed E-state index contributed by atoms with van der Waals surface area (Å²) < 4.78 is 5.35. The molecule has 0 aliphatic carbocycles. The third-order valence-electron chi connectivity index (χ3n) is 1.91. The van der Waals surface area contributed by atoms with E-state index in [1.165, 1.54) is 0 Å². The molecule has 0 aromatic rings. The Morgan fingerprint density at radius 1 is 1.64 bits per heavy atom. The highest BCUT2D eigenvalue weighted by Gasteiger charge is 2.30. The molecule has 0 saturated carbocycles. The van der Waals surface area contributed by atoms with Crippen LogP contribution >= 0.6 is 0 Å². The fourth-order valence-electron chi connectivity index (χ4n) is 1.40. The second-order valence-corrected chi connectivity index (χ2v) is 2.94. The molecule has 3 unspecified atom stereocenters. The van der Waals surface area contributed by atoms with Crippen molar-refractivity contribution in [1.29, 1.82) is 0 Å². The molecule has 0 bridgehead atoms. The molecule has 1 aliphatic rings. The molecule has 2 N–H and O–H groups in total. The van der Waals surface area contributed by atoms with E-state index in [4.69, 9.17) is 9.84 Å². The molecule has 0 aromatic carbocycles. The molecular formula is C7H13NO3. The molecule has 1 fully saturated rings. The predicted octanol–water partition coefficient (Wildman–Crippen LogP) is 0.820. The van der Waals surface area contributed by atoms with E-state index in [0.29, 0.717) is 0 Å². The van der Waals surface area contributed by atoms with Crippen LogP contribution in [0.25, 0.3) is 0 Å². The number of rotatable bonds is 1. The van der Waals surface area contributed by atoms with Crippen LogP contribution in [0.2, 0.25) is 0 Å². The maximum atomic E-state index is 10.2. The summed E-state index contributed by atoms with van der Waals surface area (Å²) >= 11 is 0. The Balaban J connectivity index is 2.40. The second kappa shape index (κ2) is 3.09. The van der Waals surface area contributed by atoms with E-state index in [9.17, 15) is 4.79 Å². The molecular weight excluding hydrogens is 146 g/mol. The molecule has 1 heterocycles. The monoisotopic (exact) mass is 159 g/mol. The van der Waals surface area contributed by atoms with Crippen molar-refractivity contribution in [2.24, 2.45) is 0 Å². The van der Waals surface area contributed by atoms with Crippen LogP contribution in [0.1, 0.15) is 20.3 Å². The van der Waals surface area contributed by atoms with Crippen molar-refractivity contribution in [3.05, 3.63) is 0 Å². The SMILES string of the molecule is CC1CC(NC(=O)O)C(C)O1. The number of hydrogen-bond donors (Lipinski definition) is 2. The highest BCUT2D eigenvalue weighted by molar-refractivity contribution is 5.65. The van der Waals surface area contributed by atoms with Crippen LogP contribution in [0, 0.1) is 0 Å². The van der Waals surface area contributed by atoms with Gasteiger partial charge in [0.15, 0.2) is 0 Å². The fourth-order valence-corrected chi connectivity index (χ4v) is 1.40. The van der Waals surface area contributed by atoms with Crippen LogP contribution in [0.5, 0.6) is 0 Å². The average Bonchev–Trinajstić information content (AvgIpc) is 2.09. The van der Waals surface area contributed by atoms with Gasteiger partial charge in [-0.1, -0.05) is 0 Å². The number of ether oxygens (including phenoxy) is 1. The Labute approximate surface area is 65.5 Å². The third-order valence-corrected chi connectivity index (χ3v) is 1.91. The van der Waals surface area contributed by atoms with Gasteiger partial charge in [-0.05, 0) is 20.3 Å². The van der Waals surface area contributed by atoms with E-state index >= 15 is 0 Å². The molecule has 1 amide bonds. The largest absolute Gasteiger partial charge is 0.465 e. The molecule has 1 aliphatic heterocycles. The standard InChI is InChI=1S/C7H13NO3/c1-4-3-6(5(2)11-4)8-7(9)10/h4-6,8H,3H2,1-2H3,(H,9,10). The Kier molecular flexibility index (Phi) is 2.34. The normalized spacial score (nSPS) is 37.1. The number of carboxylic acid groups (broad SMARTS) is 1. The summed E-state index contributed by atoms with van der Waals surface area (Å²) in [6, 6.07) is -0.0394. The van der Waals surface area contributed by atoms with Gasteiger partial charge in [0.05, 0.1) is 18.2 Å². The van der Waals surface area contributed by atoms with Gasteiger partial charge in [0.2, 0.25) is 0 Å². The van der Waals surface area contributed by atoms with Crippen LogP contribution in [-0.4, -0.2) is 29.4 Å².